The fourth-order valence-corrected chi connectivity index (χ4v) is 1.29. The number of methoxy groups -OCH3 is 1. The zero-order valence-electron chi connectivity index (χ0n) is 8.04. The predicted octanol–water partition coefficient (Wildman–Crippen LogP) is 1.30. The summed E-state index contributed by atoms with van der Waals surface area (Å²) in [6, 6.07) is 0. The molecule has 0 radical (unpaired) electrons. The van der Waals surface area contributed by atoms with Crippen LogP contribution in [0.2, 0.25) is 0 Å². The van der Waals surface area contributed by atoms with Crippen LogP contribution < -0.4 is 10.5 Å². The Hall–Kier alpha value is -1.56. The number of alkyl halides is 2. The lowest BCUT2D eigenvalue weighted by Gasteiger charge is -2.12. The van der Waals surface area contributed by atoms with E-state index in [2.05, 4.69) is 4.98 Å². The third kappa shape index (κ3) is 2.10. The number of carbonyl (C=O) groups excluding carboxylic acids is 1. The minimum atomic E-state index is -2.78. The van der Waals surface area contributed by atoms with Gasteiger partial charge in [0.05, 0.1) is 7.11 Å². The lowest BCUT2D eigenvalue weighted by Crippen LogP contribution is -2.09. The van der Waals surface area contributed by atoms with Crippen LogP contribution in [0.5, 0.6) is 5.88 Å². The summed E-state index contributed by atoms with van der Waals surface area (Å²) < 4.78 is 30.1. The van der Waals surface area contributed by atoms with E-state index in [0.29, 0.717) is 6.29 Å². The number of pyridine rings is 1. The standard InChI is InChI=1S/C9H10F2N2O2/c1-15-9-6(2-12)7(8(10)11)5(4-14)3-13-9/h3-4,8H,2,12H2,1H3. The minimum Gasteiger partial charge on any atom is -0.481 e. The molecule has 0 saturated carbocycles. The highest BCUT2D eigenvalue weighted by atomic mass is 19.3. The molecule has 1 aromatic rings. The van der Waals surface area contributed by atoms with E-state index >= 15 is 0 Å². The molecule has 0 aliphatic rings. The van der Waals surface area contributed by atoms with Crippen molar-refractivity contribution in [3.05, 3.63) is 22.9 Å². The van der Waals surface area contributed by atoms with Gasteiger partial charge in [-0.15, -0.1) is 0 Å². The van der Waals surface area contributed by atoms with Crippen molar-refractivity contribution in [2.24, 2.45) is 5.73 Å². The van der Waals surface area contributed by atoms with Crippen molar-refractivity contribution in [2.45, 2.75) is 13.0 Å². The SMILES string of the molecule is COc1ncc(C=O)c(C(F)F)c1CN. The smallest absolute Gasteiger partial charge is 0.265 e. The quantitative estimate of drug-likeness (QED) is 0.770. The van der Waals surface area contributed by atoms with Crippen molar-refractivity contribution < 1.29 is 18.3 Å². The Morgan fingerprint density at radius 1 is 1.67 bits per heavy atom. The number of nitrogens with two attached hydrogens (primary N) is 1. The van der Waals surface area contributed by atoms with Gasteiger partial charge in [0.1, 0.15) is 0 Å². The number of halogens is 2. The van der Waals surface area contributed by atoms with Gasteiger partial charge >= 0.3 is 0 Å². The Balaban J connectivity index is 3.44. The Labute approximate surface area is 85.1 Å². The topological polar surface area (TPSA) is 65.2 Å². The van der Waals surface area contributed by atoms with E-state index in [1.165, 1.54) is 7.11 Å². The molecule has 1 rings (SSSR count). The molecule has 1 heterocycles. The Bertz CT molecular complexity index is 369. The second-order valence-corrected chi connectivity index (χ2v) is 2.74. The van der Waals surface area contributed by atoms with Gasteiger partial charge in [-0.1, -0.05) is 0 Å². The van der Waals surface area contributed by atoms with Crippen molar-refractivity contribution in [3.63, 3.8) is 0 Å². The maximum Gasteiger partial charge on any atom is 0.265 e. The number of aldehydes is 1. The summed E-state index contributed by atoms with van der Waals surface area (Å²) in [5.74, 6) is 0.0263. The maximum absolute atomic E-state index is 12.7. The van der Waals surface area contributed by atoms with Crippen LogP contribution in [-0.4, -0.2) is 18.4 Å². The molecule has 0 aliphatic carbocycles. The van der Waals surface area contributed by atoms with Crippen LogP contribution >= 0.6 is 0 Å². The predicted molar refractivity (Wildman–Crippen MR) is 49.0 cm³/mol. The van der Waals surface area contributed by atoms with Crippen LogP contribution in [0.4, 0.5) is 8.78 Å². The fourth-order valence-electron chi connectivity index (χ4n) is 1.29. The molecule has 0 aliphatic heterocycles. The van der Waals surface area contributed by atoms with E-state index in [4.69, 9.17) is 10.5 Å². The third-order valence-electron chi connectivity index (χ3n) is 1.96. The molecule has 0 bridgehead atoms. The van der Waals surface area contributed by atoms with E-state index in [-0.39, 0.29) is 23.6 Å². The van der Waals surface area contributed by atoms with Crippen LogP contribution in [0.1, 0.15) is 27.9 Å². The van der Waals surface area contributed by atoms with Crippen molar-refractivity contribution >= 4 is 6.29 Å². The monoisotopic (exact) mass is 216 g/mol. The first-order valence-electron chi connectivity index (χ1n) is 4.14. The Morgan fingerprint density at radius 3 is 2.73 bits per heavy atom. The van der Waals surface area contributed by atoms with E-state index in [1.54, 1.807) is 0 Å². The summed E-state index contributed by atoms with van der Waals surface area (Å²) in [5, 5.41) is 0. The van der Waals surface area contributed by atoms with Gasteiger partial charge in [-0.25, -0.2) is 13.8 Å². The van der Waals surface area contributed by atoms with Crippen LogP contribution in [0.3, 0.4) is 0 Å². The van der Waals surface area contributed by atoms with Crippen molar-refractivity contribution in [1.29, 1.82) is 0 Å². The summed E-state index contributed by atoms with van der Waals surface area (Å²) in [6.45, 7) is -0.155. The van der Waals surface area contributed by atoms with Gasteiger partial charge in [0.2, 0.25) is 5.88 Å². The van der Waals surface area contributed by atoms with Crippen LogP contribution in [0.25, 0.3) is 0 Å². The minimum absolute atomic E-state index is 0.0263. The van der Waals surface area contributed by atoms with E-state index in [9.17, 15) is 13.6 Å². The molecule has 0 unspecified atom stereocenters. The van der Waals surface area contributed by atoms with Gasteiger partial charge in [0.25, 0.3) is 6.43 Å². The molecule has 4 nitrogen and oxygen atoms in total. The van der Waals surface area contributed by atoms with Crippen LogP contribution in [0, 0.1) is 0 Å². The number of carbonyl (C=O) groups is 1. The third-order valence-corrected chi connectivity index (χ3v) is 1.96. The van der Waals surface area contributed by atoms with E-state index in [0.717, 1.165) is 6.20 Å². The number of nitrogens with zero attached hydrogens (tertiary/aromatic N) is 1. The van der Waals surface area contributed by atoms with Crippen LogP contribution in [-0.2, 0) is 6.54 Å². The number of ether oxygens (including phenoxy) is 1. The zero-order chi connectivity index (χ0) is 11.4. The highest BCUT2D eigenvalue weighted by Crippen LogP contribution is 2.30. The molecule has 2 N–H and O–H groups in total. The number of hydrogen-bond donors (Lipinski definition) is 1. The van der Waals surface area contributed by atoms with Gasteiger partial charge in [-0.2, -0.15) is 0 Å². The largest absolute Gasteiger partial charge is 0.481 e. The van der Waals surface area contributed by atoms with E-state index < -0.39 is 12.0 Å². The molecule has 82 valence electrons. The first kappa shape index (κ1) is 11.5. The van der Waals surface area contributed by atoms with Crippen molar-refractivity contribution in [3.8, 4) is 5.88 Å². The first-order valence-corrected chi connectivity index (χ1v) is 4.14. The van der Waals surface area contributed by atoms with Crippen molar-refractivity contribution in [2.75, 3.05) is 7.11 Å². The van der Waals surface area contributed by atoms with Gasteiger partial charge in [-0.05, 0) is 0 Å². The van der Waals surface area contributed by atoms with E-state index in [1.807, 2.05) is 0 Å². The summed E-state index contributed by atoms with van der Waals surface area (Å²) in [7, 11) is 1.30. The first-order chi connectivity index (χ1) is 7.15. The normalized spacial score (nSPS) is 10.5. The molecule has 1 aromatic heterocycles. The fraction of sp³-hybridized carbons (Fsp3) is 0.333. The van der Waals surface area contributed by atoms with Gasteiger partial charge < -0.3 is 10.5 Å². The highest BCUT2D eigenvalue weighted by Gasteiger charge is 2.21. The molecule has 0 fully saturated rings. The average Bonchev–Trinajstić information content (AvgIpc) is 2.26. The van der Waals surface area contributed by atoms with Crippen molar-refractivity contribution in [1.82, 2.24) is 4.98 Å². The maximum atomic E-state index is 12.7. The Kier molecular flexibility index (Phi) is 3.68. The average molecular weight is 216 g/mol. The zero-order valence-corrected chi connectivity index (χ0v) is 8.04. The second kappa shape index (κ2) is 4.79. The molecule has 0 saturated heterocycles. The molecule has 0 aromatic carbocycles. The molecule has 0 spiro atoms. The molecule has 15 heavy (non-hydrogen) atoms. The molecular weight excluding hydrogens is 206 g/mol. The number of aromatic nitrogens is 1. The molecular formula is C9H10F2N2O2. The second-order valence-electron chi connectivity index (χ2n) is 2.74. The highest BCUT2D eigenvalue weighted by molar-refractivity contribution is 5.78. The summed E-state index contributed by atoms with van der Waals surface area (Å²) >= 11 is 0. The lowest BCUT2D eigenvalue weighted by atomic mass is 10.1. The Morgan fingerprint density at radius 2 is 2.33 bits per heavy atom. The molecule has 0 amide bonds. The van der Waals surface area contributed by atoms with Gasteiger partial charge in [0, 0.05) is 29.4 Å². The summed E-state index contributed by atoms with van der Waals surface area (Å²) in [4.78, 5) is 14.3. The molecule has 0 atom stereocenters. The van der Waals surface area contributed by atoms with Gasteiger partial charge in [-0.3, -0.25) is 4.79 Å². The number of rotatable bonds is 4. The molecule has 6 heteroatoms. The van der Waals surface area contributed by atoms with Gasteiger partial charge in [0.15, 0.2) is 6.29 Å². The van der Waals surface area contributed by atoms with Crippen LogP contribution in [0.15, 0.2) is 6.20 Å². The summed E-state index contributed by atoms with van der Waals surface area (Å²) in [5.41, 5.74) is 4.82. The number of hydrogen-bond acceptors (Lipinski definition) is 4. The lowest BCUT2D eigenvalue weighted by molar-refractivity contribution is 0.110. The summed E-state index contributed by atoms with van der Waals surface area (Å²) in [6.07, 6.45) is -1.40.